The van der Waals surface area contributed by atoms with Gasteiger partial charge in [-0.25, -0.2) is 0 Å². The lowest BCUT2D eigenvalue weighted by Gasteiger charge is -2.29. The van der Waals surface area contributed by atoms with Gasteiger partial charge in [0.1, 0.15) is 0 Å². The number of hydrogen-bond donors (Lipinski definition) is 1. The number of fused-ring (bicyclic) bond motifs is 3. The first-order chi connectivity index (χ1) is 12.6. The molecule has 0 spiro atoms. The van der Waals surface area contributed by atoms with E-state index in [1.54, 1.807) is 0 Å². The first-order valence-electron chi connectivity index (χ1n) is 8.90. The molecular formula is C21H22BrN3O. The van der Waals surface area contributed by atoms with Gasteiger partial charge in [0.15, 0.2) is 0 Å². The summed E-state index contributed by atoms with van der Waals surface area (Å²) in [4.78, 5) is 20.4. The molecule has 5 heteroatoms. The zero-order valence-corrected chi connectivity index (χ0v) is 16.4. The third kappa shape index (κ3) is 3.41. The average Bonchev–Trinajstić information content (AvgIpc) is 3.02. The highest BCUT2D eigenvalue weighted by atomic mass is 79.9. The van der Waals surface area contributed by atoms with E-state index in [0.29, 0.717) is 13.1 Å². The van der Waals surface area contributed by atoms with Crippen molar-refractivity contribution >= 4 is 32.7 Å². The highest BCUT2D eigenvalue weighted by Crippen LogP contribution is 2.31. The standard InChI is InChI=1S/C21H22BrN3O/c1-24(12-15-6-3-2-4-7-15)14-20(26)25-11-10-19-17(13-25)16-8-5-9-18(22)21(16)23-19/h2-9,23H,10-14H2,1H3. The maximum absolute atomic E-state index is 12.8. The van der Waals surface area contributed by atoms with Crippen LogP contribution in [0.4, 0.5) is 0 Å². The van der Waals surface area contributed by atoms with Crippen molar-refractivity contribution in [2.75, 3.05) is 20.1 Å². The van der Waals surface area contributed by atoms with Crippen LogP contribution in [0.5, 0.6) is 0 Å². The van der Waals surface area contributed by atoms with Gasteiger partial charge in [-0.2, -0.15) is 0 Å². The molecule has 1 aliphatic heterocycles. The highest BCUT2D eigenvalue weighted by Gasteiger charge is 2.25. The van der Waals surface area contributed by atoms with Crippen LogP contribution < -0.4 is 0 Å². The molecule has 0 saturated carbocycles. The second-order valence-corrected chi connectivity index (χ2v) is 7.82. The number of rotatable bonds is 4. The minimum absolute atomic E-state index is 0.193. The quantitative estimate of drug-likeness (QED) is 0.705. The molecule has 0 saturated heterocycles. The molecule has 2 aromatic carbocycles. The minimum atomic E-state index is 0.193. The van der Waals surface area contributed by atoms with Crippen LogP contribution in [0.3, 0.4) is 0 Å². The molecule has 1 aromatic heterocycles. The lowest BCUT2D eigenvalue weighted by atomic mass is 10.0. The summed E-state index contributed by atoms with van der Waals surface area (Å²) in [6.07, 6.45) is 0.880. The third-order valence-corrected chi connectivity index (χ3v) is 5.67. The summed E-state index contributed by atoms with van der Waals surface area (Å²) in [7, 11) is 2.00. The SMILES string of the molecule is CN(CC(=O)N1CCc2[nH]c3c(Br)cccc3c2C1)Cc1ccccc1. The summed E-state index contributed by atoms with van der Waals surface area (Å²) in [6, 6.07) is 16.5. The van der Waals surface area contributed by atoms with Gasteiger partial charge in [0, 0.05) is 47.2 Å². The Balaban J connectivity index is 1.45. The first-order valence-corrected chi connectivity index (χ1v) is 9.69. The van der Waals surface area contributed by atoms with E-state index in [1.165, 1.54) is 22.2 Å². The smallest absolute Gasteiger partial charge is 0.237 e. The van der Waals surface area contributed by atoms with Crippen molar-refractivity contribution in [2.45, 2.75) is 19.5 Å². The predicted molar refractivity (Wildman–Crippen MR) is 108 cm³/mol. The van der Waals surface area contributed by atoms with Gasteiger partial charge in [-0.05, 0) is 34.6 Å². The predicted octanol–water partition coefficient (Wildman–Crippen LogP) is 3.95. The number of nitrogens with one attached hydrogen (secondary N) is 1. The fourth-order valence-electron chi connectivity index (χ4n) is 3.70. The van der Waals surface area contributed by atoms with Crippen LogP contribution in [0.2, 0.25) is 0 Å². The number of amides is 1. The largest absolute Gasteiger partial charge is 0.357 e. The van der Waals surface area contributed by atoms with E-state index in [0.717, 1.165) is 29.5 Å². The average molecular weight is 412 g/mol. The molecule has 0 radical (unpaired) electrons. The summed E-state index contributed by atoms with van der Waals surface area (Å²) < 4.78 is 1.07. The number of nitrogens with zero attached hydrogens (tertiary/aromatic N) is 2. The first kappa shape index (κ1) is 17.3. The molecular weight excluding hydrogens is 390 g/mol. The van der Waals surface area contributed by atoms with Gasteiger partial charge in [-0.15, -0.1) is 0 Å². The molecule has 4 nitrogen and oxygen atoms in total. The Kier molecular flexibility index (Phi) is 4.83. The van der Waals surface area contributed by atoms with Gasteiger partial charge in [-0.1, -0.05) is 42.5 Å². The Morgan fingerprint density at radius 3 is 2.81 bits per heavy atom. The summed E-state index contributed by atoms with van der Waals surface area (Å²) in [5.74, 6) is 0.193. The van der Waals surface area contributed by atoms with Crippen LogP contribution in [-0.2, 0) is 24.3 Å². The number of aromatic amines is 1. The Morgan fingerprint density at radius 1 is 1.19 bits per heavy atom. The molecule has 0 unspecified atom stereocenters. The second kappa shape index (κ2) is 7.25. The van der Waals surface area contributed by atoms with Crippen LogP contribution in [0, 0.1) is 0 Å². The molecule has 3 aromatic rings. The van der Waals surface area contributed by atoms with Crippen molar-refractivity contribution in [1.82, 2.24) is 14.8 Å². The fraction of sp³-hybridized carbons (Fsp3) is 0.286. The Hall–Kier alpha value is -2.11. The van der Waals surface area contributed by atoms with Gasteiger partial charge in [0.2, 0.25) is 5.91 Å². The van der Waals surface area contributed by atoms with Gasteiger partial charge in [0.05, 0.1) is 12.1 Å². The Bertz CT molecular complexity index is 935. The van der Waals surface area contributed by atoms with Crippen LogP contribution in [0.1, 0.15) is 16.8 Å². The summed E-state index contributed by atoms with van der Waals surface area (Å²) in [5, 5.41) is 1.21. The number of hydrogen-bond acceptors (Lipinski definition) is 2. The fourth-order valence-corrected chi connectivity index (χ4v) is 4.16. The van der Waals surface area contributed by atoms with Crippen molar-refractivity contribution in [3.8, 4) is 0 Å². The van der Waals surface area contributed by atoms with Gasteiger partial charge in [0.25, 0.3) is 0 Å². The molecule has 0 bridgehead atoms. The second-order valence-electron chi connectivity index (χ2n) is 6.97. The molecule has 26 heavy (non-hydrogen) atoms. The molecule has 2 heterocycles. The van der Waals surface area contributed by atoms with Crippen molar-refractivity contribution in [1.29, 1.82) is 0 Å². The zero-order chi connectivity index (χ0) is 18.1. The summed E-state index contributed by atoms with van der Waals surface area (Å²) >= 11 is 3.61. The molecule has 1 aliphatic rings. The maximum Gasteiger partial charge on any atom is 0.237 e. The van der Waals surface area contributed by atoms with Crippen LogP contribution in [0.15, 0.2) is 53.0 Å². The topological polar surface area (TPSA) is 39.3 Å². The monoisotopic (exact) mass is 411 g/mol. The van der Waals surface area contributed by atoms with E-state index in [-0.39, 0.29) is 5.91 Å². The van der Waals surface area contributed by atoms with Gasteiger partial charge < -0.3 is 9.88 Å². The van der Waals surface area contributed by atoms with E-state index >= 15 is 0 Å². The normalized spacial score (nSPS) is 14.0. The number of carbonyl (C=O) groups excluding carboxylic acids is 1. The van der Waals surface area contributed by atoms with Crippen molar-refractivity contribution in [3.05, 3.63) is 69.8 Å². The molecule has 4 rings (SSSR count). The van der Waals surface area contributed by atoms with E-state index in [9.17, 15) is 4.79 Å². The van der Waals surface area contributed by atoms with E-state index in [2.05, 4.69) is 50.1 Å². The number of benzene rings is 2. The lowest BCUT2D eigenvalue weighted by molar-refractivity contribution is -0.133. The van der Waals surface area contributed by atoms with Gasteiger partial charge in [-0.3, -0.25) is 9.69 Å². The molecule has 1 N–H and O–H groups in total. The van der Waals surface area contributed by atoms with E-state index in [1.807, 2.05) is 36.2 Å². The molecule has 0 aliphatic carbocycles. The zero-order valence-electron chi connectivity index (χ0n) is 14.8. The Morgan fingerprint density at radius 2 is 2.00 bits per heavy atom. The number of carbonyl (C=O) groups is 1. The van der Waals surface area contributed by atoms with Crippen molar-refractivity contribution in [3.63, 3.8) is 0 Å². The molecule has 134 valence electrons. The molecule has 1 amide bonds. The Labute approximate surface area is 161 Å². The lowest BCUT2D eigenvalue weighted by Crippen LogP contribution is -2.41. The third-order valence-electron chi connectivity index (χ3n) is 5.01. The number of halogens is 1. The minimum Gasteiger partial charge on any atom is -0.357 e. The summed E-state index contributed by atoms with van der Waals surface area (Å²) in [5.41, 5.74) is 4.87. The molecule has 0 fully saturated rings. The molecule has 0 atom stereocenters. The number of likely N-dealkylation sites (N-methyl/N-ethyl adjacent to an activating group) is 1. The summed E-state index contributed by atoms with van der Waals surface area (Å²) in [6.45, 7) is 2.68. The van der Waals surface area contributed by atoms with Crippen molar-refractivity contribution < 1.29 is 4.79 Å². The van der Waals surface area contributed by atoms with Gasteiger partial charge >= 0.3 is 0 Å². The van der Waals surface area contributed by atoms with E-state index in [4.69, 9.17) is 0 Å². The van der Waals surface area contributed by atoms with E-state index < -0.39 is 0 Å². The number of H-pyrrole nitrogens is 1. The van der Waals surface area contributed by atoms with Crippen LogP contribution in [-0.4, -0.2) is 40.8 Å². The van der Waals surface area contributed by atoms with Crippen LogP contribution in [0.25, 0.3) is 10.9 Å². The van der Waals surface area contributed by atoms with Crippen LogP contribution >= 0.6 is 15.9 Å². The van der Waals surface area contributed by atoms with Crippen molar-refractivity contribution in [2.24, 2.45) is 0 Å². The number of para-hydroxylation sites is 1. The number of aromatic nitrogens is 1. The highest BCUT2D eigenvalue weighted by molar-refractivity contribution is 9.10. The maximum atomic E-state index is 12.8.